The number of hydrogen-bond donors (Lipinski definition) is 2. The zero-order valence-corrected chi connectivity index (χ0v) is 16.2. The van der Waals surface area contributed by atoms with E-state index in [-0.39, 0.29) is 5.91 Å². The zero-order valence-electron chi connectivity index (χ0n) is 15.4. The number of esters is 1. The fourth-order valence-electron chi connectivity index (χ4n) is 2.70. The predicted molar refractivity (Wildman–Crippen MR) is 100 cm³/mol. The van der Waals surface area contributed by atoms with Crippen molar-refractivity contribution in [3.8, 4) is 0 Å². The standard InChI is InChI=1S/C19H24N2O3S/c1-12-8-6-7-9-15(12)10-21(4)11-16(22)20-18-17(19(23)24-5)13(2)14(3)25-18/h6-9H,10-11H2,1-5H3,(H,20,22)/p+1. The predicted octanol–water partition coefficient (Wildman–Crippen LogP) is 2.11. The molecule has 0 saturated carbocycles. The fraction of sp³-hybridized carbons (Fsp3) is 0.368. The molecule has 0 fully saturated rings. The third-order valence-corrected chi connectivity index (χ3v) is 5.37. The van der Waals surface area contributed by atoms with E-state index in [1.165, 1.54) is 29.6 Å². The number of thiophene rings is 1. The minimum atomic E-state index is -0.419. The van der Waals surface area contributed by atoms with Crippen LogP contribution in [0.4, 0.5) is 5.00 Å². The maximum absolute atomic E-state index is 12.4. The third-order valence-electron chi connectivity index (χ3n) is 4.24. The summed E-state index contributed by atoms with van der Waals surface area (Å²) in [5.41, 5.74) is 3.76. The van der Waals surface area contributed by atoms with Gasteiger partial charge in [0.1, 0.15) is 11.5 Å². The number of hydrogen-bond acceptors (Lipinski definition) is 4. The Kier molecular flexibility index (Phi) is 6.33. The molecule has 1 unspecified atom stereocenters. The van der Waals surface area contributed by atoms with Gasteiger partial charge in [0.25, 0.3) is 5.91 Å². The molecule has 1 heterocycles. The van der Waals surface area contributed by atoms with E-state index in [4.69, 9.17) is 4.74 Å². The summed E-state index contributed by atoms with van der Waals surface area (Å²) in [6.07, 6.45) is 0. The molecular weight excluding hydrogens is 336 g/mol. The van der Waals surface area contributed by atoms with Crippen molar-refractivity contribution in [2.75, 3.05) is 26.0 Å². The van der Waals surface area contributed by atoms with E-state index in [0.717, 1.165) is 21.9 Å². The molecular formula is C19H25N2O3S+. The second-order valence-electron chi connectivity index (χ2n) is 6.26. The van der Waals surface area contributed by atoms with Crippen molar-refractivity contribution >= 4 is 28.2 Å². The van der Waals surface area contributed by atoms with E-state index in [1.54, 1.807) is 0 Å². The van der Waals surface area contributed by atoms with Gasteiger partial charge in [0.15, 0.2) is 6.54 Å². The second kappa shape index (κ2) is 8.27. The summed E-state index contributed by atoms with van der Waals surface area (Å²) in [5.74, 6) is -0.532. The lowest BCUT2D eigenvalue weighted by Gasteiger charge is -2.15. The molecule has 0 aliphatic heterocycles. The summed E-state index contributed by atoms with van der Waals surface area (Å²) in [6, 6.07) is 8.17. The summed E-state index contributed by atoms with van der Waals surface area (Å²) in [4.78, 5) is 26.5. The number of ether oxygens (including phenoxy) is 1. The van der Waals surface area contributed by atoms with E-state index in [9.17, 15) is 9.59 Å². The number of aryl methyl sites for hydroxylation is 2. The van der Waals surface area contributed by atoms with Crippen LogP contribution in [-0.2, 0) is 16.1 Å². The van der Waals surface area contributed by atoms with Crippen LogP contribution >= 0.6 is 11.3 Å². The molecule has 1 aromatic carbocycles. The summed E-state index contributed by atoms with van der Waals surface area (Å²) in [5, 5.41) is 3.44. The van der Waals surface area contributed by atoms with Crippen LogP contribution in [0, 0.1) is 20.8 Å². The number of nitrogens with one attached hydrogen (secondary N) is 2. The quantitative estimate of drug-likeness (QED) is 0.775. The number of amides is 1. The van der Waals surface area contributed by atoms with Gasteiger partial charge < -0.3 is 15.0 Å². The molecule has 0 aliphatic rings. The van der Waals surface area contributed by atoms with Crippen LogP contribution in [0.5, 0.6) is 0 Å². The Morgan fingerprint density at radius 1 is 1.20 bits per heavy atom. The lowest BCUT2D eigenvalue weighted by molar-refractivity contribution is -0.885. The van der Waals surface area contributed by atoms with Crippen molar-refractivity contribution in [3.05, 3.63) is 51.4 Å². The number of anilines is 1. The average molecular weight is 361 g/mol. The molecule has 1 aromatic heterocycles. The van der Waals surface area contributed by atoms with Gasteiger partial charge in [0, 0.05) is 10.4 Å². The Balaban J connectivity index is 2.04. The number of quaternary nitrogens is 1. The van der Waals surface area contributed by atoms with Gasteiger partial charge in [-0.2, -0.15) is 0 Å². The van der Waals surface area contributed by atoms with Crippen molar-refractivity contribution in [3.63, 3.8) is 0 Å². The first-order valence-electron chi connectivity index (χ1n) is 8.17. The highest BCUT2D eigenvalue weighted by Crippen LogP contribution is 2.32. The molecule has 2 rings (SSSR count). The summed E-state index contributed by atoms with van der Waals surface area (Å²) in [7, 11) is 3.33. The molecule has 0 radical (unpaired) electrons. The molecule has 6 heteroatoms. The van der Waals surface area contributed by atoms with E-state index in [1.807, 2.05) is 33.0 Å². The molecule has 25 heavy (non-hydrogen) atoms. The van der Waals surface area contributed by atoms with Gasteiger partial charge in [-0.15, -0.1) is 11.3 Å². The maximum atomic E-state index is 12.4. The molecule has 2 aromatic rings. The van der Waals surface area contributed by atoms with Crippen LogP contribution in [0.3, 0.4) is 0 Å². The van der Waals surface area contributed by atoms with E-state index >= 15 is 0 Å². The first kappa shape index (κ1) is 19.1. The van der Waals surface area contributed by atoms with Gasteiger partial charge in [-0.25, -0.2) is 4.79 Å². The van der Waals surface area contributed by atoms with Crippen LogP contribution in [0.25, 0.3) is 0 Å². The van der Waals surface area contributed by atoms with Gasteiger partial charge in [-0.05, 0) is 31.9 Å². The lowest BCUT2D eigenvalue weighted by atomic mass is 10.1. The van der Waals surface area contributed by atoms with Crippen LogP contribution in [0.1, 0.15) is 31.9 Å². The summed E-state index contributed by atoms with van der Waals surface area (Å²) >= 11 is 1.40. The van der Waals surface area contributed by atoms with Crippen LogP contribution in [-0.4, -0.2) is 32.6 Å². The van der Waals surface area contributed by atoms with Crippen molar-refractivity contribution in [2.45, 2.75) is 27.3 Å². The van der Waals surface area contributed by atoms with Crippen molar-refractivity contribution in [1.29, 1.82) is 0 Å². The molecule has 0 aliphatic carbocycles. The molecule has 2 N–H and O–H groups in total. The number of likely N-dealkylation sites (N-methyl/N-ethyl adjacent to an activating group) is 1. The molecule has 0 saturated heterocycles. The van der Waals surface area contributed by atoms with Gasteiger partial charge in [0.2, 0.25) is 0 Å². The van der Waals surface area contributed by atoms with Crippen molar-refractivity contribution < 1.29 is 19.2 Å². The fourth-order valence-corrected chi connectivity index (χ4v) is 3.77. The minimum Gasteiger partial charge on any atom is -0.465 e. The van der Waals surface area contributed by atoms with Gasteiger partial charge in [-0.1, -0.05) is 24.3 Å². The topological polar surface area (TPSA) is 59.8 Å². The Morgan fingerprint density at radius 2 is 1.88 bits per heavy atom. The molecule has 5 nitrogen and oxygen atoms in total. The number of carbonyl (C=O) groups excluding carboxylic acids is 2. The Hall–Kier alpha value is -2.18. The first-order chi connectivity index (χ1) is 11.8. The van der Waals surface area contributed by atoms with Crippen molar-refractivity contribution in [1.82, 2.24) is 0 Å². The maximum Gasteiger partial charge on any atom is 0.341 e. The lowest BCUT2D eigenvalue weighted by Crippen LogP contribution is -3.08. The van der Waals surface area contributed by atoms with Crippen molar-refractivity contribution in [2.24, 2.45) is 0 Å². The highest BCUT2D eigenvalue weighted by molar-refractivity contribution is 7.16. The zero-order chi connectivity index (χ0) is 18.6. The van der Waals surface area contributed by atoms with E-state index in [0.29, 0.717) is 17.1 Å². The van der Waals surface area contributed by atoms with E-state index < -0.39 is 5.97 Å². The van der Waals surface area contributed by atoms with Crippen LogP contribution in [0.2, 0.25) is 0 Å². The Morgan fingerprint density at radius 3 is 2.52 bits per heavy atom. The highest BCUT2D eigenvalue weighted by atomic mass is 32.1. The highest BCUT2D eigenvalue weighted by Gasteiger charge is 2.22. The van der Waals surface area contributed by atoms with Crippen LogP contribution in [0.15, 0.2) is 24.3 Å². The molecule has 0 bridgehead atoms. The Labute approximate surface area is 152 Å². The van der Waals surface area contributed by atoms with E-state index in [2.05, 4.69) is 24.4 Å². The summed E-state index contributed by atoms with van der Waals surface area (Å²) < 4.78 is 4.84. The van der Waals surface area contributed by atoms with Gasteiger partial charge >= 0.3 is 5.97 Å². The number of carbonyl (C=O) groups is 2. The molecule has 1 atom stereocenters. The average Bonchev–Trinajstić information content (AvgIpc) is 2.83. The normalized spacial score (nSPS) is 11.9. The smallest absolute Gasteiger partial charge is 0.341 e. The SMILES string of the molecule is COC(=O)c1c(NC(=O)C[NH+](C)Cc2ccccc2C)sc(C)c1C. The third kappa shape index (κ3) is 4.67. The monoisotopic (exact) mass is 361 g/mol. The number of methoxy groups -OCH3 is 1. The van der Waals surface area contributed by atoms with Gasteiger partial charge in [0.05, 0.1) is 19.7 Å². The molecule has 134 valence electrons. The van der Waals surface area contributed by atoms with Crippen LogP contribution < -0.4 is 10.2 Å². The number of benzene rings is 1. The largest absolute Gasteiger partial charge is 0.465 e. The molecule has 0 spiro atoms. The number of rotatable bonds is 6. The molecule has 1 amide bonds. The first-order valence-corrected chi connectivity index (χ1v) is 8.99. The summed E-state index contributed by atoms with van der Waals surface area (Å²) in [6.45, 7) is 6.96. The minimum absolute atomic E-state index is 0.113. The Bertz CT molecular complexity index is 783. The second-order valence-corrected chi connectivity index (χ2v) is 7.49. The van der Waals surface area contributed by atoms with Gasteiger partial charge in [-0.3, -0.25) is 4.79 Å².